The molecular weight excluding hydrogens is 366 g/mol. The van der Waals surface area contributed by atoms with Crippen LogP contribution in [0.5, 0.6) is 0 Å². The van der Waals surface area contributed by atoms with Crippen LogP contribution in [0.2, 0.25) is 0 Å². The van der Waals surface area contributed by atoms with Gasteiger partial charge >= 0.3 is 0 Å². The smallest absolute Gasteiger partial charge is 0.224 e. The molecule has 158 valence electrons. The predicted molar refractivity (Wildman–Crippen MR) is 109 cm³/mol. The number of nitrogens with one attached hydrogen (secondary N) is 1. The van der Waals surface area contributed by atoms with Gasteiger partial charge in [0, 0.05) is 64.2 Å². The van der Waals surface area contributed by atoms with Crippen molar-refractivity contribution < 1.29 is 9.59 Å². The Balaban J connectivity index is 1.40. The zero-order chi connectivity index (χ0) is 20.0. The van der Waals surface area contributed by atoms with Gasteiger partial charge in [0.1, 0.15) is 5.54 Å². The largest absolute Gasteiger partial charge is 0.356 e. The zero-order valence-electron chi connectivity index (χ0n) is 17.5. The molecule has 1 saturated carbocycles. The number of carbonyl (C=O) groups is 2. The quantitative estimate of drug-likeness (QED) is 0.831. The number of aromatic nitrogens is 2. The molecular formula is C22H33N5O2. The number of imidazole rings is 1. The molecule has 1 aromatic heterocycles. The topological polar surface area (TPSA) is 70.5 Å². The van der Waals surface area contributed by atoms with Crippen LogP contribution in [0.1, 0.15) is 56.3 Å². The summed E-state index contributed by atoms with van der Waals surface area (Å²) in [6.07, 6.45) is 10.2. The summed E-state index contributed by atoms with van der Waals surface area (Å²) >= 11 is 0. The van der Waals surface area contributed by atoms with Crippen LogP contribution in [-0.2, 0) is 28.6 Å². The van der Waals surface area contributed by atoms with Gasteiger partial charge in [0.15, 0.2) is 0 Å². The van der Waals surface area contributed by atoms with E-state index in [0.29, 0.717) is 13.0 Å². The molecule has 4 heterocycles. The molecule has 1 aliphatic carbocycles. The standard InChI is InChI=1S/C22H33N5O2/c1-25-15-24-20-18(25)7-10-27(19(28)12-17-6-9-23-21(17)29)22(20)8-11-26(14-22)13-16-4-2-3-5-16/h15-17H,2-14H2,1H3,(H,23,29). The third-order valence-electron chi connectivity index (χ3n) is 7.79. The predicted octanol–water partition coefficient (Wildman–Crippen LogP) is 1.42. The van der Waals surface area contributed by atoms with Crippen molar-refractivity contribution in [1.82, 2.24) is 24.7 Å². The lowest BCUT2D eigenvalue weighted by Gasteiger charge is -2.44. The molecule has 1 N–H and O–H groups in total. The Hall–Kier alpha value is -1.89. The number of hydrogen-bond acceptors (Lipinski definition) is 4. The third-order valence-corrected chi connectivity index (χ3v) is 7.79. The van der Waals surface area contributed by atoms with Crippen molar-refractivity contribution in [1.29, 1.82) is 0 Å². The van der Waals surface area contributed by atoms with E-state index < -0.39 is 0 Å². The SMILES string of the molecule is Cn1cnc2c1CCN(C(=O)CC1CCNC1=O)C21CCN(CC2CCCC2)C1. The Morgan fingerprint density at radius 2 is 2.10 bits per heavy atom. The summed E-state index contributed by atoms with van der Waals surface area (Å²) in [6, 6.07) is 0. The van der Waals surface area contributed by atoms with E-state index in [-0.39, 0.29) is 23.3 Å². The molecule has 2 unspecified atom stereocenters. The highest BCUT2D eigenvalue weighted by atomic mass is 16.2. The Labute approximate surface area is 172 Å². The van der Waals surface area contributed by atoms with Crippen molar-refractivity contribution in [2.24, 2.45) is 18.9 Å². The van der Waals surface area contributed by atoms with E-state index in [1.54, 1.807) is 0 Å². The molecule has 5 rings (SSSR count). The van der Waals surface area contributed by atoms with E-state index in [1.807, 2.05) is 6.33 Å². The Morgan fingerprint density at radius 3 is 2.86 bits per heavy atom. The molecule has 4 aliphatic rings. The van der Waals surface area contributed by atoms with Crippen LogP contribution in [0.4, 0.5) is 0 Å². The molecule has 1 spiro atoms. The maximum Gasteiger partial charge on any atom is 0.224 e. The lowest BCUT2D eigenvalue weighted by atomic mass is 9.85. The fourth-order valence-electron chi connectivity index (χ4n) is 6.22. The minimum Gasteiger partial charge on any atom is -0.356 e. The lowest BCUT2D eigenvalue weighted by Crippen LogP contribution is -2.55. The van der Waals surface area contributed by atoms with Gasteiger partial charge in [-0.1, -0.05) is 12.8 Å². The van der Waals surface area contributed by atoms with Crippen LogP contribution in [-0.4, -0.2) is 63.9 Å². The van der Waals surface area contributed by atoms with E-state index in [1.165, 1.54) is 31.4 Å². The molecule has 1 aromatic rings. The average molecular weight is 400 g/mol. The second-order valence-electron chi connectivity index (χ2n) is 9.59. The summed E-state index contributed by atoms with van der Waals surface area (Å²) in [7, 11) is 2.06. The minimum atomic E-state index is -0.320. The number of hydrogen-bond donors (Lipinski definition) is 1. The van der Waals surface area contributed by atoms with E-state index in [2.05, 4.69) is 26.7 Å². The second kappa shape index (κ2) is 7.42. The van der Waals surface area contributed by atoms with Crippen molar-refractivity contribution in [3.8, 4) is 0 Å². The third kappa shape index (κ3) is 3.27. The minimum absolute atomic E-state index is 0.0391. The normalized spacial score (nSPS) is 30.3. The summed E-state index contributed by atoms with van der Waals surface area (Å²) in [5.74, 6) is 0.812. The first-order valence-corrected chi connectivity index (χ1v) is 11.4. The highest BCUT2D eigenvalue weighted by Crippen LogP contribution is 2.43. The Morgan fingerprint density at radius 1 is 1.28 bits per heavy atom. The van der Waals surface area contributed by atoms with E-state index >= 15 is 0 Å². The number of rotatable bonds is 4. The van der Waals surface area contributed by atoms with Crippen molar-refractivity contribution >= 4 is 11.8 Å². The second-order valence-corrected chi connectivity index (χ2v) is 9.59. The van der Waals surface area contributed by atoms with Crippen molar-refractivity contribution in [2.45, 2.75) is 56.9 Å². The van der Waals surface area contributed by atoms with Gasteiger partial charge in [0.25, 0.3) is 0 Å². The van der Waals surface area contributed by atoms with Gasteiger partial charge in [-0.25, -0.2) is 4.98 Å². The fraction of sp³-hybridized carbons (Fsp3) is 0.773. The number of aryl methyl sites for hydroxylation is 1. The molecule has 7 heteroatoms. The number of amides is 2. The lowest BCUT2D eigenvalue weighted by molar-refractivity contribution is -0.141. The Kier molecular flexibility index (Phi) is 4.88. The molecule has 0 aromatic carbocycles. The summed E-state index contributed by atoms with van der Waals surface area (Å²) < 4.78 is 2.13. The number of nitrogens with zero attached hydrogens (tertiary/aromatic N) is 4. The number of carbonyl (C=O) groups excluding carboxylic acids is 2. The van der Waals surface area contributed by atoms with E-state index in [4.69, 9.17) is 4.98 Å². The molecule has 0 radical (unpaired) electrons. The monoisotopic (exact) mass is 399 g/mol. The van der Waals surface area contributed by atoms with Gasteiger partial charge < -0.3 is 19.7 Å². The molecule has 0 bridgehead atoms. The van der Waals surface area contributed by atoms with Crippen molar-refractivity contribution in [3.05, 3.63) is 17.7 Å². The summed E-state index contributed by atoms with van der Waals surface area (Å²) in [4.78, 5) is 34.9. The first-order valence-electron chi connectivity index (χ1n) is 11.4. The number of fused-ring (bicyclic) bond motifs is 2. The molecule has 7 nitrogen and oxygen atoms in total. The van der Waals surface area contributed by atoms with Crippen LogP contribution in [0.25, 0.3) is 0 Å². The summed E-state index contributed by atoms with van der Waals surface area (Å²) in [5.41, 5.74) is 2.05. The van der Waals surface area contributed by atoms with Crippen LogP contribution in [0.3, 0.4) is 0 Å². The maximum atomic E-state index is 13.4. The van der Waals surface area contributed by atoms with Crippen molar-refractivity contribution in [3.63, 3.8) is 0 Å². The van der Waals surface area contributed by atoms with Gasteiger partial charge in [0.05, 0.1) is 12.0 Å². The van der Waals surface area contributed by atoms with Gasteiger partial charge in [-0.15, -0.1) is 0 Å². The fourth-order valence-corrected chi connectivity index (χ4v) is 6.22. The van der Waals surface area contributed by atoms with Gasteiger partial charge in [-0.2, -0.15) is 0 Å². The molecule has 2 saturated heterocycles. The molecule has 29 heavy (non-hydrogen) atoms. The van der Waals surface area contributed by atoms with E-state index in [0.717, 1.165) is 57.1 Å². The summed E-state index contributed by atoms with van der Waals surface area (Å²) in [5, 5.41) is 2.87. The van der Waals surface area contributed by atoms with E-state index in [9.17, 15) is 9.59 Å². The Bertz CT molecular complexity index is 799. The average Bonchev–Trinajstić information content (AvgIpc) is 3.48. The highest BCUT2D eigenvalue weighted by molar-refractivity contribution is 5.87. The van der Waals surface area contributed by atoms with Crippen LogP contribution in [0.15, 0.2) is 6.33 Å². The first kappa shape index (κ1) is 19.1. The molecule has 3 fully saturated rings. The first-order chi connectivity index (χ1) is 14.1. The zero-order valence-corrected chi connectivity index (χ0v) is 17.5. The molecule has 2 atom stereocenters. The van der Waals surface area contributed by atoms with Crippen molar-refractivity contribution in [2.75, 3.05) is 32.7 Å². The van der Waals surface area contributed by atoms with Crippen LogP contribution in [0, 0.1) is 11.8 Å². The maximum absolute atomic E-state index is 13.4. The molecule has 3 aliphatic heterocycles. The summed E-state index contributed by atoms with van der Waals surface area (Å²) in [6.45, 7) is 4.49. The van der Waals surface area contributed by atoms with Crippen LogP contribution < -0.4 is 5.32 Å². The van der Waals surface area contributed by atoms with Gasteiger partial charge in [-0.05, 0) is 31.6 Å². The number of likely N-dealkylation sites (tertiary alicyclic amines) is 1. The van der Waals surface area contributed by atoms with Crippen LogP contribution >= 0.6 is 0 Å². The van der Waals surface area contributed by atoms with Gasteiger partial charge in [-0.3, -0.25) is 9.59 Å². The van der Waals surface area contributed by atoms with Gasteiger partial charge in [0.2, 0.25) is 11.8 Å². The highest BCUT2D eigenvalue weighted by Gasteiger charge is 2.51. The molecule has 2 amide bonds.